The number of nitrogens with zero attached hydrogens (tertiary/aromatic N) is 3. The summed E-state index contributed by atoms with van der Waals surface area (Å²) in [6.45, 7) is 5.11. The molecule has 1 amide bonds. The fraction of sp³-hybridized carbons (Fsp3) is 0.500. The molecule has 2 fully saturated rings. The number of amides is 1. The number of sulfonamides is 1. The van der Waals surface area contributed by atoms with Gasteiger partial charge in [0.1, 0.15) is 0 Å². The van der Waals surface area contributed by atoms with Crippen LogP contribution in [-0.4, -0.2) is 61.8 Å². The normalized spacial score (nSPS) is 18.8. The first-order chi connectivity index (χ1) is 15.5. The van der Waals surface area contributed by atoms with Gasteiger partial charge < -0.3 is 9.80 Å². The van der Waals surface area contributed by atoms with Crippen LogP contribution in [0.1, 0.15) is 48.9 Å². The molecule has 1 N–H and O–H groups in total. The van der Waals surface area contributed by atoms with E-state index in [-0.39, 0.29) is 10.8 Å². The van der Waals surface area contributed by atoms with E-state index in [9.17, 15) is 13.2 Å². The van der Waals surface area contributed by atoms with E-state index in [0.29, 0.717) is 17.2 Å². The molecule has 0 bridgehead atoms. The summed E-state index contributed by atoms with van der Waals surface area (Å²) in [4.78, 5) is 21.5. The molecule has 0 aliphatic carbocycles. The second-order valence-corrected chi connectivity index (χ2v) is 10.5. The van der Waals surface area contributed by atoms with Gasteiger partial charge in [0.15, 0.2) is 0 Å². The topological polar surface area (TPSA) is 82.6 Å². The summed E-state index contributed by atoms with van der Waals surface area (Å²) in [6, 6.07) is 9.36. The minimum atomic E-state index is -3.71. The summed E-state index contributed by atoms with van der Waals surface area (Å²) in [5.74, 6) is 0.633. The van der Waals surface area contributed by atoms with Crippen molar-refractivity contribution in [3.63, 3.8) is 0 Å². The van der Waals surface area contributed by atoms with Crippen molar-refractivity contribution in [1.82, 2.24) is 14.8 Å². The fourth-order valence-corrected chi connectivity index (χ4v) is 5.65. The molecule has 3 heterocycles. The van der Waals surface area contributed by atoms with Crippen LogP contribution < -0.4 is 4.72 Å². The van der Waals surface area contributed by atoms with E-state index in [2.05, 4.69) is 14.6 Å². The fourth-order valence-electron chi connectivity index (χ4n) is 4.60. The van der Waals surface area contributed by atoms with Gasteiger partial charge in [0, 0.05) is 37.6 Å². The molecule has 1 aromatic heterocycles. The quantitative estimate of drug-likeness (QED) is 0.718. The smallest absolute Gasteiger partial charge is 0.261 e. The van der Waals surface area contributed by atoms with Gasteiger partial charge in [-0.25, -0.2) is 8.42 Å². The van der Waals surface area contributed by atoms with Gasteiger partial charge in [-0.1, -0.05) is 12.8 Å². The van der Waals surface area contributed by atoms with Gasteiger partial charge in [0.25, 0.3) is 15.9 Å². The molecule has 172 valence electrons. The summed E-state index contributed by atoms with van der Waals surface area (Å²) < 4.78 is 27.7. The highest BCUT2D eigenvalue weighted by Gasteiger charge is 2.25. The van der Waals surface area contributed by atoms with Crippen LogP contribution in [0.4, 0.5) is 5.69 Å². The molecule has 4 rings (SSSR count). The molecule has 2 aliphatic heterocycles. The number of nitrogens with one attached hydrogen (secondary N) is 1. The molecule has 0 saturated carbocycles. The van der Waals surface area contributed by atoms with Crippen molar-refractivity contribution < 1.29 is 13.2 Å². The molecule has 32 heavy (non-hydrogen) atoms. The number of anilines is 1. The molecule has 8 heteroatoms. The zero-order valence-corrected chi connectivity index (χ0v) is 19.3. The number of hydrogen-bond donors (Lipinski definition) is 1. The number of pyridine rings is 1. The van der Waals surface area contributed by atoms with Crippen LogP contribution in [0.15, 0.2) is 53.7 Å². The van der Waals surface area contributed by atoms with Gasteiger partial charge in [-0.3, -0.25) is 14.5 Å². The van der Waals surface area contributed by atoms with Gasteiger partial charge in [-0.15, -0.1) is 0 Å². The third-order valence-electron chi connectivity index (χ3n) is 6.46. The van der Waals surface area contributed by atoms with Crippen molar-refractivity contribution in [3.8, 4) is 0 Å². The van der Waals surface area contributed by atoms with Crippen molar-refractivity contribution in [2.24, 2.45) is 5.92 Å². The van der Waals surface area contributed by atoms with E-state index in [1.165, 1.54) is 63.3 Å². The average molecular weight is 457 g/mol. The number of hydrogen-bond acceptors (Lipinski definition) is 5. The highest BCUT2D eigenvalue weighted by atomic mass is 32.2. The molecule has 2 aliphatic rings. The minimum Gasteiger partial charge on any atom is -0.339 e. The highest BCUT2D eigenvalue weighted by molar-refractivity contribution is 7.92. The van der Waals surface area contributed by atoms with Crippen molar-refractivity contribution in [2.75, 3.05) is 37.4 Å². The number of likely N-dealkylation sites (tertiary alicyclic amines) is 2. The Bertz CT molecular complexity index is 980. The number of carbonyl (C=O) groups excluding carboxylic acids is 1. The predicted molar refractivity (Wildman–Crippen MR) is 125 cm³/mol. The molecule has 2 aromatic rings. The van der Waals surface area contributed by atoms with Crippen LogP contribution >= 0.6 is 0 Å². The molecule has 0 radical (unpaired) electrons. The standard InChI is InChI=1S/C24H32N4O3S/c29-24(28-17-11-20(12-18-28)19-27-15-3-1-2-4-16-27)21-5-7-23(8-6-21)32(30,31)26-22-9-13-25-14-10-22/h5-10,13-14,20H,1-4,11-12,15-19H2,(H,25,26). The van der Waals surface area contributed by atoms with E-state index >= 15 is 0 Å². The van der Waals surface area contributed by atoms with E-state index in [1.54, 1.807) is 24.3 Å². The second kappa shape index (κ2) is 10.4. The van der Waals surface area contributed by atoms with Crippen LogP contribution in [-0.2, 0) is 10.0 Å². The van der Waals surface area contributed by atoms with Crippen LogP contribution in [0.25, 0.3) is 0 Å². The Morgan fingerprint density at radius 1 is 0.906 bits per heavy atom. The van der Waals surface area contributed by atoms with Gasteiger partial charge in [-0.05, 0) is 81.1 Å². The lowest BCUT2D eigenvalue weighted by atomic mass is 9.95. The van der Waals surface area contributed by atoms with Gasteiger partial charge in [-0.2, -0.15) is 0 Å². The van der Waals surface area contributed by atoms with Crippen molar-refractivity contribution in [2.45, 2.75) is 43.4 Å². The van der Waals surface area contributed by atoms with Gasteiger partial charge in [0.2, 0.25) is 0 Å². The Labute approximate surface area is 190 Å². The Hall–Kier alpha value is -2.45. The van der Waals surface area contributed by atoms with Crippen molar-refractivity contribution in [1.29, 1.82) is 0 Å². The maximum Gasteiger partial charge on any atom is 0.261 e. The summed E-state index contributed by atoms with van der Waals surface area (Å²) in [6.07, 6.45) is 10.4. The van der Waals surface area contributed by atoms with Gasteiger partial charge in [0.05, 0.1) is 10.6 Å². The molecule has 2 saturated heterocycles. The maximum absolute atomic E-state index is 12.9. The third-order valence-corrected chi connectivity index (χ3v) is 7.86. The Morgan fingerprint density at radius 2 is 1.53 bits per heavy atom. The zero-order valence-electron chi connectivity index (χ0n) is 18.4. The average Bonchev–Trinajstić information content (AvgIpc) is 3.08. The molecule has 1 aromatic carbocycles. The molecule has 7 nitrogen and oxygen atoms in total. The van der Waals surface area contributed by atoms with Crippen LogP contribution in [0.5, 0.6) is 0 Å². The lowest BCUT2D eigenvalue weighted by molar-refractivity contribution is 0.0668. The first-order valence-electron chi connectivity index (χ1n) is 11.6. The molecular weight excluding hydrogens is 424 g/mol. The molecular formula is C24H32N4O3S. The maximum atomic E-state index is 12.9. The van der Waals surface area contributed by atoms with Crippen molar-refractivity contribution in [3.05, 3.63) is 54.4 Å². The summed E-state index contributed by atoms with van der Waals surface area (Å²) >= 11 is 0. The first kappa shape index (κ1) is 22.7. The number of piperidine rings is 1. The summed E-state index contributed by atoms with van der Waals surface area (Å²) in [7, 11) is -3.71. The Morgan fingerprint density at radius 3 is 2.16 bits per heavy atom. The number of carbonyl (C=O) groups is 1. The lowest BCUT2D eigenvalue weighted by Crippen LogP contribution is -2.41. The van der Waals surface area contributed by atoms with E-state index in [1.807, 2.05) is 4.90 Å². The zero-order chi connectivity index (χ0) is 22.4. The Balaban J connectivity index is 1.31. The highest BCUT2D eigenvalue weighted by Crippen LogP contribution is 2.23. The van der Waals surface area contributed by atoms with Crippen LogP contribution in [0.3, 0.4) is 0 Å². The SMILES string of the molecule is O=C(c1ccc(S(=O)(=O)Nc2ccncc2)cc1)N1CCC(CN2CCCCCC2)CC1. The van der Waals surface area contributed by atoms with E-state index < -0.39 is 10.0 Å². The molecule has 0 spiro atoms. The van der Waals surface area contributed by atoms with Crippen LogP contribution in [0.2, 0.25) is 0 Å². The second-order valence-electron chi connectivity index (χ2n) is 8.82. The summed E-state index contributed by atoms with van der Waals surface area (Å²) in [5.41, 5.74) is 0.974. The number of aromatic nitrogens is 1. The van der Waals surface area contributed by atoms with Crippen molar-refractivity contribution >= 4 is 21.6 Å². The minimum absolute atomic E-state index is 0.0238. The molecule has 0 unspecified atom stereocenters. The lowest BCUT2D eigenvalue weighted by Gasteiger charge is -2.34. The number of rotatable bonds is 6. The predicted octanol–water partition coefficient (Wildman–Crippen LogP) is 3.61. The van der Waals surface area contributed by atoms with E-state index in [0.717, 1.165) is 32.5 Å². The summed E-state index contributed by atoms with van der Waals surface area (Å²) in [5, 5.41) is 0. The monoisotopic (exact) mass is 456 g/mol. The molecule has 0 atom stereocenters. The van der Waals surface area contributed by atoms with Gasteiger partial charge >= 0.3 is 0 Å². The largest absolute Gasteiger partial charge is 0.339 e. The van der Waals surface area contributed by atoms with Crippen LogP contribution in [0, 0.1) is 5.92 Å². The number of benzene rings is 1. The Kier molecular flexibility index (Phi) is 7.42. The first-order valence-corrected chi connectivity index (χ1v) is 13.0. The third kappa shape index (κ3) is 5.86. The van der Waals surface area contributed by atoms with E-state index in [4.69, 9.17) is 0 Å².